The summed E-state index contributed by atoms with van der Waals surface area (Å²) >= 11 is 0. The van der Waals surface area contributed by atoms with E-state index in [2.05, 4.69) is 28.4 Å². The van der Waals surface area contributed by atoms with E-state index < -0.39 is 0 Å². The zero-order valence-corrected chi connectivity index (χ0v) is 18.1. The highest BCUT2D eigenvalue weighted by Gasteiger charge is 2.21. The Bertz CT molecular complexity index is 860. The van der Waals surface area contributed by atoms with Crippen molar-refractivity contribution in [3.8, 4) is 5.75 Å². The van der Waals surface area contributed by atoms with Gasteiger partial charge in [0.05, 0.1) is 19.6 Å². The summed E-state index contributed by atoms with van der Waals surface area (Å²) < 4.78 is 5.20. The van der Waals surface area contributed by atoms with Gasteiger partial charge in [0.1, 0.15) is 5.75 Å². The average molecular weight is 410 g/mol. The van der Waals surface area contributed by atoms with Gasteiger partial charge in [-0.05, 0) is 42.2 Å². The minimum atomic E-state index is -0.378. The first kappa shape index (κ1) is 21.7. The number of carbonyl (C=O) groups excluding carboxylic acids is 2. The fourth-order valence-electron chi connectivity index (χ4n) is 3.92. The molecule has 2 aromatic carbocycles. The van der Waals surface area contributed by atoms with Crippen molar-refractivity contribution in [2.24, 2.45) is 0 Å². The number of nitrogens with zero attached hydrogens (tertiary/aromatic N) is 2. The molecule has 1 aliphatic heterocycles. The number of rotatable bonds is 8. The number of hydrogen-bond acceptors (Lipinski definition) is 4. The molecule has 2 amide bonds. The molecule has 30 heavy (non-hydrogen) atoms. The van der Waals surface area contributed by atoms with Crippen LogP contribution in [0.4, 0.5) is 5.69 Å². The molecule has 1 unspecified atom stereocenters. The lowest BCUT2D eigenvalue weighted by molar-refractivity contribution is -0.131. The van der Waals surface area contributed by atoms with Gasteiger partial charge in [-0.2, -0.15) is 0 Å². The number of nitrogens with one attached hydrogen (secondary N) is 1. The molecule has 160 valence electrons. The van der Waals surface area contributed by atoms with Gasteiger partial charge in [-0.25, -0.2) is 0 Å². The Labute approximate surface area is 178 Å². The van der Waals surface area contributed by atoms with E-state index >= 15 is 0 Å². The van der Waals surface area contributed by atoms with Gasteiger partial charge >= 0.3 is 0 Å². The maximum atomic E-state index is 13.0. The molecule has 1 aliphatic rings. The molecule has 1 heterocycles. The van der Waals surface area contributed by atoms with E-state index in [4.69, 9.17) is 4.74 Å². The molecule has 0 aromatic heterocycles. The monoisotopic (exact) mass is 409 g/mol. The van der Waals surface area contributed by atoms with Crippen LogP contribution in [0.2, 0.25) is 0 Å². The van der Waals surface area contributed by atoms with E-state index in [1.54, 1.807) is 12.0 Å². The highest BCUT2D eigenvalue weighted by Crippen LogP contribution is 2.26. The van der Waals surface area contributed by atoms with E-state index in [1.165, 1.54) is 25.5 Å². The molecule has 6 heteroatoms. The molecule has 1 N–H and O–H groups in total. The second-order valence-electron chi connectivity index (χ2n) is 7.80. The van der Waals surface area contributed by atoms with Gasteiger partial charge in [0.25, 0.3) is 0 Å². The lowest BCUT2D eigenvalue weighted by atomic mass is 10.0. The van der Waals surface area contributed by atoms with Crippen molar-refractivity contribution in [3.63, 3.8) is 0 Å². The molecule has 2 aromatic rings. The maximum Gasteiger partial charge on any atom is 0.225 e. The number of anilines is 1. The van der Waals surface area contributed by atoms with E-state index in [-0.39, 0.29) is 24.3 Å². The molecular weight excluding hydrogens is 378 g/mol. The summed E-state index contributed by atoms with van der Waals surface area (Å²) in [5, 5.41) is 2.90. The first-order valence-corrected chi connectivity index (χ1v) is 10.5. The quantitative estimate of drug-likeness (QED) is 0.725. The lowest BCUT2D eigenvalue weighted by Gasteiger charge is -2.26. The van der Waals surface area contributed by atoms with Crippen molar-refractivity contribution < 1.29 is 14.3 Å². The largest absolute Gasteiger partial charge is 0.497 e. The number of methoxy groups -OCH3 is 1. The highest BCUT2D eigenvalue weighted by atomic mass is 16.5. The van der Waals surface area contributed by atoms with Gasteiger partial charge in [-0.15, -0.1) is 0 Å². The second-order valence-corrected chi connectivity index (χ2v) is 7.80. The number of ether oxygens (including phenoxy) is 1. The third-order valence-corrected chi connectivity index (χ3v) is 5.55. The summed E-state index contributed by atoms with van der Waals surface area (Å²) in [4.78, 5) is 28.9. The molecular formula is C24H31N3O3. The summed E-state index contributed by atoms with van der Waals surface area (Å²) in [5.41, 5.74) is 3.24. The van der Waals surface area contributed by atoms with Gasteiger partial charge in [0.2, 0.25) is 11.8 Å². The zero-order valence-electron chi connectivity index (χ0n) is 18.1. The predicted molar refractivity (Wildman–Crippen MR) is 119 cm³/mol. The summed E-state index contributed by atoms with van der Waals surface area (Å²) in [7, 11) is 3.43. The maximum absolute atomic E-state index is 13.0. The van der Waals surface area contributed by atoms with Crippen LogP contribution in [-0.2, 0) is 16.1 Å². The van der Waals surface area contributed by atoms with E-state index in [9.17, 15) is 9.59 Å². The van der Waals surface area contributed by atoms with E-state index in [1.807, 2.05) is 37.4 Å². The number of para-hydroxylation sites is 1. The highest BCUT2D eigenvalue weighted by molar-refractivity contribution is 5.79. The Morgan fingerprint density at radius 2 is 1.77 bits per heavy atom. The van der Waals surface area contributed by atoms with Crippen molar-refractivity contribution in [1.29, 1.82) is 0 Å². The van der Waals surface area contributed by atoms with Crippen molar-refractivity contribution >= 4 is 17.5 Å². The van der Waals surface area contributed by atoms with Crippen LogP contribution in [0.3, 0.4) is 0 Å². The van der Waals surface area contributed by atoms with Crippen molar-refractivity contribution in [2.45, 2.75) is 38.8 Å². The topological polar surface area (TPSA) is 61.9 Å². The molecule has 3 rings (SSSR count). The van der Waals surface area contributed by atoms with E-state index in [0.29, 0.717) is 6.54 Å². The Kier molecular flexibility index (Phi) is 7.33. The Balaban J connectivity index is 1.70. The van der Waals surface area contributed by atoms with Crippen LogP contribution < -0.4 is 15.0 Å². The Morgan fingerprint density at radius 3 is 2.40 bits per heavy atom. The van der Waals surface area contributed by atoms with E-state index in [0.717, 1.165) is 30.0 Å². The average Bonchev–Trinajstić information content (AvgIpc) is 3.28. The van der Waals surface area contributed by atoms with Crippen LogP contribution in [0.25, 0.3) is 0 Å². The minimum absolute atomic E-state index is 0.0132. The fourth-order valence-corrected chi connectivity index (χ4v) is 3.92. The normalized spacial score (nSPS) is 14.3. The summed E-state index contributed by atoms with van der Waals surface area (Å²) in [6, 6.07) is 15.4. The molecule has 0 bridgehead atoms. The summed E-state index contributed by atoms with van der Waals surface area (Å²) in [6.45, 7) is 4.14. The van der Waals surface area contributed by atoms with Gasteiger partial charge in [0, 0.05) is 39.3 Å². The van der Waals surface area contributed by atoms with Gasteiger partial charge in [0.15, 0.2) is 0 Å². The van der Waals surface area contributed by atoms with Crippen LogP contribution >= 0.6 is 0 Å². The second kappa shape index (κ2) is 10.1. The molecule has 0 aliphatic carbocycles. The molecule has 1 fully saturated rings. The smallest absolute Gasteiger partial charge is 0.225 e. The Hall–Kier alpha value is -3.02. The third kappa shape index (κ3) is 5.53. The molecule has 1 atom stereocenters. The van der Waals surface area contributed by atoms with Crippen LogP contribution in [0.15, 0.2) is 48.5 Å². The molecule has 6 nitrogen and oxygen atoms in total. The molecule has 0 radical (unpaired) electrons. The summed E-state index contributed by atoms with van der Waals surface area (Å²) in [5.74, 6) is 0.564. The van der Waals surface area contributed by atoms with Gasteiger partial charge in [-0.3, -0.25) is 9.59 Å². The number of hydrogen-bond donors (Lipinski definition) is 1. The van der Waals surface area contributed by atoms with Gasteiger partial charge in [-0.1, -0.05) is 30.3 Å². The first-order valence-electron chi connectivity index (χ1n) is 10.5. The standard InChI is InChI=1S/C24H31N3O3/c1-18(28)25-22(19-10-12-21(30-3)13-11-19)16-24(29)26(2)17-20-8-4-5-9-23(20)27-14-6-7-15-27/h4-5,8-13,22H,6-7,14-17H2,1-3H3,(H,25,28). The van der Waals surface area contributed by atoms with Crippen LogP contribution in [0.1, 0.15) is 43.4 Å². The van der Waals surface area contributed by atoms with Crippen LogP contribution in [0, 0.1) is 0 Å². The lowest BCUT2D eigenvalue weighted by Crippen LogP contribution is -2.34. The first-order chi connectivity index (χ1) is 14.5. The molecule has 0 spiro atoms. The SMILES string of the molecule is COc1ccc(C(CC(=O)N(C)Cc2ccccc2N2CCCC2)NC(C)=O)cc1. The number of amides is 2. The van der Waals surface area contributed by atoms with Crippen molar-refractivity contribution in [2.75, 3.05) is 32.1 Å². The Morgan fingerprint density at radius 1 is 1.10 bits per heavy atom. The number of carbonyl (C=O) groups is 2. The molecule has 0 saturated carbocycles. The zero-order chi connectivity index (χ0) is 21.5. The van der Waals surface area contributed by atoms with Gasteiger partial charge < -0.3 is 19.9 Å². The van der Waals surface area contributed by atoms with Crippen molar-refractivity contribution in [3.05, 3.63) is 59.7 Å². The molecule has 1 saturated heterocycles. The number of benzene rings is 2. The fraction of sp³-hybridized carbons (Fsp3) is 0.417. The van der Waals surface area contributed by atoms with Crippen molar-refractivity contribution in [1.82, 2.24) is 10.2 Å². The van der Waals surface area contributed by atoms with Crippen LogP contribution in [0.5, 0.6) is 5.75 Å². The predicted octanol–water partition coefficient (Wildman–Crippen LogP) is 3.52. The minimum Gasteiger partial charge on any atom is -0.497 e. The van der Waals surface area contributed by atoms with Crippen LogP contribution in [-0.4, -0.2) is 44.0 Å². The summed E-state index contributed by atoms with van der Waals surface area (Å²) in [6.07, 6.45) is 2.63. The third-order valence-electron chi connectivity index (χ3n) is 5.55.